The lowest BCUT2D eigenvalue weighted by Crippen LogP contribution is -2.26. The summed E-state index contributed by atoms with van der Waals surface area (Å²) in [4.78, 5) is 29.4. The van der Waals surface area contributed by atoms with Gasteiger partial charge in [0, 0.05) is 12.6 Å². The first kappa shape index (κ1) is 23.7. The molecule has 180 valence electrons. The second kappa shape index (κ2) is 10.6. The van der Waals surface area contributed by atoms with E-state index in [9.17, 15) is 14.0 Å². The zero-order valence-electron chi connectivity index (χ0n) is 19.3. The molecule has 0 saturated carbocycles. The second-order valence-corrected chi connectivity index (χ2v) is 7.65. The van der Waals surface area contributed by atoms with E-state index in [2.05, 4.69) is 15.4 Å². The number of rotatable bonds is 9. The molecule has 9 nitrogen and oxygen atoms in total. The standard InChI is InChI=1S/C25H24FN5O4/c1-34-21-9-5-17(13-22(21)35-2)6-10-23(32)27-11-12-31-24-20(14-29-31)25(33)30(16-28-24)15-18-3-7-19(26)8-4-18/h3-10,13-14,16H,11-12,15H2,1-2H3,(H,27,32)/b10-6-. The largest absolute Gasteiger partial charge is 0.493 e. The Labute approximate surface area is 200 Å². The van der Waals surface area contributed by atoms with Crippen LogP contribution >= 0.6 is 0 Å². The van der Waals surface area contributed by atoms with Gasteiger partial charge in [-0.1, -0.05) is 18.2 Å². The summed E-state index contributed by atoms with van der Waals surface area (Å²) < 4.78 is 26.6. The molecule has 0 atom stereocenters. The van der Waals surface area contributed by atoms with Crippen molar-refractivity contribution in [3.8, 4) is 11.5 Å². The Bertz CT molecular complexity index is 1430. The van der Waals surface area contributed by atoms with E-state index in [1.165, 1.54) is 35.3 Å². The number of aromatic nitrogens is 4. The number of halogens is 1. The van der Waals surface area contributed by atoms with Crippen LogP contribution in [0.2, 0.25) is 0 Å². The van der Waals surface area contributed by atoms with Crippen LogP contribution < -0.4 is 20.3 Å². The lowest BCUT2D eigenvalue weighted by molar-refractivity contribution is -0.116. The molecule has 0 aliphatic rings. The van der Waals surface area contributed by atoms with Gasteiger partial charge < -0.3 is 14.8 Å². The van der Waals surface area contributed by atoms with Gasteiger partial charge in [0.15, 0.2) is 17.1 Å². The molecule has 0 bridgehead atoms. The van der Waals surface area contributed by atoms with E-state index in [1.54, 1.807) is 49.2 Å². The molecule has 1 N–H and O–H groups in total. The van der Waals surface area contributed by atoms with Crippen LogP contribution in [0.4, 0.5) is 4.39 Å². The maximum absolute atomic E-state index is 13.1. The van der Waals surface area contributed by atoms with Crippen molar-refractivity contribution in [2.45, 2.75) is 13.1 Å². The minimum Gasteiger partial charge on any atom is -0.493 e. The zero-order valence-corrected chi connectivity index (χ0v) is 19.3. The highest BCUT2D eigenvalue weighted by molar-refractivity contribution is 5.91. The fraction of sp³-hybridized carbons (Fsp3) is 0.200. The van der Waals surface area contributed by atoms with E-state index in [1.807, 2.05) is 6.07 Å². The third kappa shape index (κ3) is 5.55. The maximum Gasteiger partial charge on any atom is 0.264 e. The first-order valence-electron chi connectivity index (χ1n) is 10.8. The Morgan fingerprint density at radius 3 is 2.63 bits per heavy atom. The summed E-state index contributed by atoms with van der Waals surface area (Å²) in [5, 5.41) is 7.39. The average molecular weight is 477 g/mol. The molecule has 0 aliphatic heterocycles. The number of nitrogens with one attached hydrogen (secondary N) is 1. The number of methoxy groups -OCH3 is 2. The Hall–Kier alpha value is -4.47. The molecule has 0 spiro atoms. The van der Waals surface area contributed by atoms with Crippen molar-refractivity contribution >= 4 is 23.0 Å². The van der Waals surface area contributed by atoms with E-state index in [0.29, 0.717) is 35.6 Å². The van der Waals surface area contributed by atoms with Crippen LogP contribution in [0.1, 0.15) is 11.1 Å². The van der Waals surface area contributed by atoms with Gasteiger partial charge in [-0.2, -0.15) is 5.10 Å². The highest BCUT2D eigenvalue weighted by Gasteiger charge is 2.11. The molecule has 4 aromatic rings. The average Bonchev–Trinajstić information content (AvgIpc) is 3.29. The summed E-state index contributed by atoms with van der Waals surface area (Å²) in [5.74, 6) is 0.576. The molecule has 0 saturated heterocycles. The molecule has 2 aromatic carbocycles. The topological polar surface area (TPSA) is 100 Å². The quantitative estimate of drug-likeness (QED) is 0.372. The number of hydrogen-bond acceptors (Lipinski definition) is 6. The van der Waals surface area contributed by atoms with Crippen LogP contribution in [0.25, 0.3) is 17.1 Å². The number of carbonyl (C=O) groups is 1. The van der Waals surface area contributed by atoms with Gasteiger partial charge >= 0.3 is 0 Å². The number of benzene rings is 2. The fourth-order valence-electron chi connectivity index (χ4n) is 3.53. The van der Waals surface area contributed by atoms with Crippen molar-refractivity contribution in [2.24, 2.45) is 0 Å². The maximum atomic E-state index is 13.1. The molecule has 0 fully saturated rings. The van der Waals surface area contributed by atoms with Crippen molar-refractivity contribution in [2.75, 3.05) is 20.8 Å². The molecular formula is C25H24FN5O4. The summed E-state index contributed by atoms with van der Waals surface area (Å²) in [6.45, 7) is 0.912. The summed E-state index contributed by atoms with van der Waals surface area (Å²) in [7, 11) is 3.11. The summed E-state index contributed by atoms with van der Waals surface area (Å²) in [5.41, 5.74) is 1.76. The molecular weight excluding hydrogens is 453 g/mol. The summed E-state index contributed by atoms with van der Waals surface area (Å²) in [6.07, 6.45) is 6.00. The monoisotopic (exact) mass is 477 g/mol. The Balaban J connectivity index is 1.36. The van der Waals surface area contributed by atoms with E-state index >= 15 is 0 Å². The summed E-state index contributed by atoms with van der Waals surface area (Å²) in [6, 6.07) is 11.3. The molecule has 2 aromatic heterocycles. The lowest BCUT2D eigenvalue weighted by Gasteiger charge is -2.08. The third-order valence-electron chi connectivity index (χ3n) is 5.35. The number of fused-ring (bicyclic) bond motifs is 1. The minimum atomic E-state index is -0.334. The van der Waals surface area contributed by atoms with Gasteiger partial charge in [0.25, 0.3) is 5.56 Å². The van der Waals surface area contributed by atoms with Gasteiger partial charge in [-0.3, -0.25) is 14.2 Å². The molecule has 4 rings (SSSR count). The summed E-state index contributed by atoms with van der Waals surface area (Å²) >= 11 is 0. The number of nitrogens with zero attached hydrogens (tertiary/aromatic N) is 4. The fourth-order valence-corrected chi connectivity index (χ4v) is 3.53. The normalized spacial score (nSPS) is 11.2. The van der Waals surface area contributed by atoms with Crippen LogP contribution in [0.15, 0.2) is 65.9 Å². The molecule has 1 amide bonds. The highest BCUT2D eigenvalue weighted by Crippen LogP contribution is 2.27. The lowest BCUT2D eigenvalue weighted by atomic mass is 10.2. The second-order valence-electron chi connectivity index (χ2n) is 7.65. The van der Waals surface area contributed by atoms with Crippen molar-refractivity contribution in [3.05, 3.63) is 88.4 Å². The van der Waals surface area contributed by atoms with Crippen molar-refractivity contribution < 1.29 is 18.7 Å². The van der Waals surface area contributed by atoms with Gasteiger partial charge in [0.2, 0.25) is 5.91 Å². The molecule has 2 heterocycles. The zero-order chi connectivity index (χ0) is 24.8. The van der Waals surface area contributed by atoms with Crippen LogP contribution in [0.3, 0.4) is 0 Å². The Morgan fingerprint density at radius 1 is 1.11 bits per heavy atom. The van der Waals surface area contributed by atoms with Crippen LogP contribution in [0, 0.1) is 5.82 Å². The van der Waals surface area contributed by atoms with E-state index < -0.39 is 0 Å². The van der Waals surface area contributed by atoms with Crippen LogP contribution in [0.5, 0.6) is 11.5 Å². The predicted molar refractivity (Wildman–Crippen MR) is 129 cm³/mol. The third-order valence-corrected chi connectivity index (χ3v) is 5.35. The van der Waals surface area contributed by atoms with E-state index in [0.717, 1.165) is 11.1 Å². The van der Waals surface area contributed by atoms with Gasteiger partial charge in [-0.15, -0.1) is 0 Å². The number of hydrogen-bond donors (Lipinski definition) is 1. The van der Waals surface area contributed by atoms with Gasteiger partial charge in [-0.25, -0.2) is 14.1 Å². The van der Waals surface area contributed by atoms with E-state index in [4.69, 9.17) is 9.47 Å². The highest BCUT2D eigenvalue weighted by atomic mass is 19.1. The smallest absolute Gasteiger partial charge is 0.264 e. The SMILES string of the molecule is COc1ccc(/C=C\C(=O)NCCn2ncc3c(=O)n(Cc4ccc(F)cc4)cnc32)cc1OC. The first-order valence-corrected chi connectivity index (χ1v) is 10.8. The van der Waals surface area contributed by atoms with Gasteiger partial charge in [-0.05, 0) is 41.5 Å². The molecule has 0 aliphatic carbocycles. The minimum absolute atomic E-state index is 0.243. The predicted octanol–water partition coefficient (Wildman–Crippen LogP) is 2.63. The van der Waals surface area contributed by atoms with Crippen LogP contribution in [-0.4, -0.2) is 46.0 Å². The van der Waals surface area contributed by atoms with Crippen molar-refractivity contribution in [1.29, 1.82) is 0 Å². The number of amides is 1. The first-order chi connectivity index (χ1) is 17.0. The van der Waals surface area contributed by atoms with Gasteiger partial charge in [0.05, 0.1) is 33.5 Å². The molecule has 10 heteroatoms. The molecule has 0 unspecified atom stereocenters. The number of ether oxygens (including phenoxy) is 2. The van der Waals surface area contributed by atoms with E-state index in [-0.39, 0.29) is 23.8 Å². The van der Waals surface area contributed by atoms with Crippen molar-refractivity contribution in [1.82, 2.24) is 24.6 Å². The van der Waals surface area contributed by atoms with Crippen molar-refractivity contribution in [3.63, 3.8) is 0 Å². The number of carbonyl (C=O) groups excluding carboxylic acids is 1. The Kier molecular flexibility index (Phi) is 7.20. The molecule has 35 heavy (non-hydrogen) atoms. The van der Waals surface area contributed by atoms with Crippen LogP contribution in [-0.2, 0) is 17.9 Å². The van der Waals surface area contributed by atoms with Gasteiger partial charge in [0.1, 0.15) is 17.5 Å². The Morgan fingerprint density at radius 2 is 1.89 bits per heavy atom. The molecule has 0 radical (unpaired) electrons.